The van der Waals surface area contributed by atoms with E-state index < -0.39 is 29.9 Å². The maximum atomic E-state index is 12.9. The summed E-state index contributed by atoms with van der Waals surface area (Å²) in [7, 11) is 1.54. The number of methoxy groups -OCH3 is 1. The summed E-state index contributed by atoms with van der Waals surface area (Å²) < 4.78 is 5.31. The Hall–Kier alpha value is -3.13. The van der Waals surface area contributed by atoms with Gasteiger partial charge >= 0.3 is 6.03 Å². The van der Waals surface area contributed by atoms with Crippen molar-refractivity contribution in [2.45, 2.75) is 18.9 Å². The molecule has 0 radical (unpaired) electrons. The van der Waals surface area contributed by atoms with Gasteiger partial charge in [0.15, 0.2) is 5.15 Å². The van der Waals surface area contributed by atoms with Crippen molar-refractivity contribution >= 4 is 35.1 Å². The fourth-order valence-electron chi connectivity index (χ4n) is 3.05. The smallest absolute Gasteiger partial charge is 0.325 e. The van der Waals surface area contributed by atoms with Crippen molar-refractivity contribution in [3.05, 3.63) is 53.3 Å². The zero-order valence-corrected chi connectivity index (χ0v) is 16.1. The third-order valence-corrected chi connectivity index (χ3v) is 4.72. The predicted molar refractivity (Wildman–Crippen MR) is 103 cm³/mol. The minimum absolute atomic E-state index is 0.120. The van der Waals surface area contributed by atoms with Crippen molar-refractivity contribution in [1.82, 2.24) is 15.2 Å². The number of aromatic nitrogens is 1. The van der Waals surface area contributed by atoms with Crippen LogP contribution in [0.3, 0.4) is 0 Å². The van der Waals surface area contributed by atoms with Gasteiger partial charge in [0.05, 0.1) is 12.8 Å². The molecule has 28 heavy (non-hydrogen) atoms. The van der Waals surface area contributed by atoms with Gasteiger partial charge in [0.1, 0.15) is 17.8 Å². The maximum Gasteiger partial charge on any atom is 0.325 e. The summed E-state index contributed by atoms with van der Waals surface area (Å²) in [5.74, 6) is -0.427. The van der Waals surface area contributed by atoms with E-state index in [0.717, 1.165) is 10.5 Å². The first kappa shape index (κ1) is 19.6. The number of nitrogens with zero attached hydrogens (tertiary/aromatic N) is 2. The number of rotatable bonds is 6. The molecular formula is C19H19ClN4O4. The minimum atomic E-state index is -1.18. The highest BCUT2D eigenvalue weighted by Crippen LogP contribution is 2.27. The molecule has 1 fully saturated rings. The maximum absolute atomic E-state index is 12.9. The number of ether oxygens (including phenoxy) is 1. The normalized spacial score (nSPS) is 18.8. The lowest BCUT2D eigenvalue weighted by Crippen LogP contribution is -2.46. The van der Waals surface area contributed by atoms with Crippen LogP contribution in [-0.4, -0.2) is 46.9 Å². The molecule has 2 N–H and O–H groups in total. The Bertz CT molecular complexity index is 936. The molecule has 9 heteroatoms. The van der Waals surface area contributed by atoms with Crippen LogP contribution in [0.25, 0.3) is 0 Å². The van der Waals surface area contributed by atoms with E-state index in [2.05, 4.69) is 15.6 Å². The van der Waals surface area contributed by atoms with E-state index in [-0.39, 0.29) is 11.6 Å². The Morgan fingerprint density at radius 1 is 1.29 bits per heavy atom. The molecule has 4 amide bonds. The van der Waals surface area contributed by atoms with E-state index in [1.807, 2.05) is 18.2 Å². The number of hydrogen-bond donors (Lipinski definition) is 2. The van der Waals surface area contributed by atoms with Crippen LogP contribution in [0.1, 0.15) is 12.5 Å². The van der Waals surface area contributed by atoms with Crippen LogP contribution in [0.15, 0.2) is 42.6 Å². The number of carbonyl (C=O) groups is 3. The highest BCUT2D eigenvalue weighted by molar-refractivity contribution is 6.32. The molecule has 3 rings (SSSR count). The molecule has 2 aromatic rings. The molecule has 2 heterocycles. The Labute approximate surface area is 166 Å². The quantitative estimate of drug-likeness (QED) is 0.570. The molecule has 0 bridgehead atoms. The van der Waals surface area contributed by atoms with Crippen molar-refractivity contribution in [3.63, 3.8) is 0 Å². The molecule has 8 nitrogen and oxygen atoms in total. The van der Waals surface area contributed by atoms with Gasteiger partial charge in [-0.1, -0.05) is 29.8 Å². The predicted octanol–water partition coefficient (Wildman–Crippen LogP) is 2.24. The van der Waals surface area contributed by atoms with Crippen LogP contribution in [0.4, 0.5) is 10.5 Å². The van der Waals surface area contributed by atoms with E-state index in [9.17, 15) is 14.4 Å². The summed E-state index contributed by atoms with van der Waals surface area (Å²) in [6.07, 6.45) is 1.72. The van der Waals surface area contributed by atoms with Gasteiger partial charge in [-0.2, -0.15) is 0 Å². The van der Waals surface area contributed by atoms with Gasteiger partial charge in [0.25, 0.3) is 5.91 Å². The third-order valence-electron chi connectivity index (χ3n) is 4.42. The summed E-state index contributed by atoms with van der Waals surface area (Å²) >= 11 is 5.91. The van der Waals surface area contributed by atoms with Gasteiger partial charge in [-0.25, -0.2) is 9.78 Å². The lowest BCUT2D eigenvalue weighted by Gasteiger charge is -2.22. The number of nitrogens with one attached hydrogen (secondary N) is 2. The fraction of sp³-hybridized carbons (Fsp3) is 0.263. The van der Waals surface area contributed by atoms with Gasteiger partial charge in [-0.15, -0.1) is 0 Å². The van der Waals surface area contributed by atoms with Crippen LogP contribution in [0, 0.1) is 0 Å². The lowest BCUT2D eigenvalue weighted by molar-refractivity contribution is -0.133. The highest BCUT2D eigenvalue weighted by Gasteiger charge is 2.48. The molecule has 0 spiro atoms. The molecular weight excluding hydrogens is 384 g/mol. The molecule has 146 valence electrons. The topological polar surface area (TPSA) is 101 Å². The molecule has 1 atom stereocenters. The van der Waals surface area contributed by atoms with Crippen LogP contribution in [0.2, 0.25) is 5.15 Å². The van der Waals surface area contributed by atoms with Crippen molar-refractivity contribution in [3.8, 4) is 5.75 Å². The molecule has 1 aromatic carbocycles. The number of anilines is 1. The van der Waals surface area contributed by atoms with E-state index in [1.165, 1.54) is 13.3 Å². The standard InChI is InChI=1S/C19H19ClN4O4/c1-19(10-12-6-3-4-8-14(12)28-2)17(26)24(18(27)23-19)11-15(25)22-13-7-5-9-21-16(13)20/h3-9H,10-11H2,1-2H3,(H,22,25)(H,23,27)/t19-/m1/s1. The van der Waals surface area contributed by atoms with Gasteiger partial charge < -0.3 is 15.4 Å². The number of halogens is 1. The number of hydrogen-bond acceptors (Lipinski definition) is 5. The van der Waals surface area contributed by atoms with E-state index in [0.29, 0.717) is 11.4 Å². The van der Waals surface area contributed by atoms with Crippen molar-refractivity contribution < 1.29 is 19.1 Å². The molecule has 1 aliphatic heterocycles. The van der Waals surface area contributed by atoms with Crippen LogP contribution < -0.4 is 15.4 Å². The molecule has 0 saturated carbocycles. The van der Waals surface area contributed by atoms with Crippen LogP contribution in [-0.2, 0) is 16.0 Å². The first-order valence-electron chi connectivity index (χ1n) is 8.50. The summed E-state index contributed by atoms with van der Waals surface area (Å²) in [6, 6.07) is 9.80. The zero-order valence-electron chi connectivity index (χ0n) is 15.4. The van der Waals surface area contributed by atoms with Crippen molar-refractivity contribution in [2.75, 3.05) is 19.0 Å². The van der Waals surface area contributed by atoms with E-state index in [4.69, 9.17) is 16.3 Å². The summed E-state index contributed by atoms with van der Waals surface area (Å²) in [6.45, 7) is 1.19. The minimum Gasteiger partial charge on any atom is -0.496 e. The second-order valence-corrected chi connectivity index (χ2v) is 6.89. The lowest BCUT2D eigenvalue weighted by atomic mass is 9.92. The Kier molecular flexibility index (Phi) is 5.51. The Morgan fingerprint density at radius 2 is 2.04 bits per heavy atom. The number of amides is 4. The fourth-order valence-corrected chi connectivity index (χ4v) is 3.22. The first-order chi connectivity index (χ1) is 13.3. The van der Waals surface area contributed by atoms with Crippen LogP contribution >= 0.6 is 11.6 Å². The van der Waals surface area contributed by atoms with Gasteiger partial charge in [-0.3, -0.25) is 14.5 Å². The molecule has 1 saturated heterocycles. The Morgan fingerprint density at radius 3 is 2.75 bits per heavy atom. The molecule has 1 aliphatic rings. The van der Waals surface area contributed by atoms with Gasteiger partial charge in [0.2, 0.25) is 5.91 Å². The van der Waals surface area contributed by atoms with Crippen LogP contribution in [0.5, 0.6) is 5.75 Å². The molecule has 1 aromatic heterocycles. The second kappa shape index (κ2) is 7.85. The average molecular weight is 403 g/mol. The molecule has 0 aliphatic carbocycles. The SMILES string of the molecule is COc1ccccc1C[C@@]1(C)NC(=O)N(CC(=O)Nc2cccnc2Cl)C1=O. The van der Waals surface area contributed by atoms with Gasteiger partial charge in [0, 0.05) is 12.6 Å². The third kappa shape index (κ3) is 3.91. The van der Waals surface area contributed by atoms with Crippen molar-refractivity contribution in [1.29, 1.82) is 0 Å². The number of carbonyl (C=O) groups excluding carboxylic acids is 3. The second-order valence-electron chi connectivity index (χ2n) is 6.53. The zero-order chi connectivity index (χ0) is 20.3. The largest absolute Gasteiger partial charge is 0.496 e. The van der Waals surface area contributed by atoms with Gasteiger partial charge in [-0.05, 0) is 30.7 Å². The van der Waals surface area contributed by atoms with E-state index >= 15 is 0 Å². The number of urea groups is 1. The van der Waals surface area contributed by atoms with Crippen molar-refractivity contribution in [2.24, 2.45) is 0 Å². The monoisotopic (exact) mass is 402 g/mol. The first-order valence-corrected chi connectivity index (χ1v) is 8.88. The number of para-hydroxylation sites is 1. The summed E-state index contributed by atoms with van der Waals surface area (Å²) in [5, 5.41) is 5.34. The number of pyridine rings is 1. The summed E-state index contributed by atoms with van der Waals surface area (Å²) in [5.41, 5.74) is -0.106. The average Bonchev–Trinajstić information content (AvgIpc) is 2.87. The number of benzene rings is 1. The summed E-state index contributed by atoms with van der Waals surface area (Å²) in [4.78, 5) is 42.3. The van der Waals surface area contributed by atoms with E-state index in [1.54, 1.807) is 25.1 Å². The highest BCUT2D eigenvalue weighted by atomic mass is 35.5. The Balaban J connectivity index is 1.72. The number of imide groups is 1. The molecule has 0 unspecified atom stereocenters.